The molecule has 0 saturated carbocycles. The van der Waals surface area contributed by atoms with E-state index >= 15 is 0 Å². The molecule has 0 spiro atoms. The predicted molar refractivity (Wildman–Crippen MR) is 87.6 cm³/mol. The van der Waals surface area contributed by atoms with Crippen molar-refractivity contribution in [2.75, 3.05) is 18.4 Å². The summed E-state index contributed by atoms with van der Waals surface area (Å²) in [6.07, 6.45) is 0. The van der Waals surface area contributed by atoms with Gasteiger partial charge in [-0.25, -0.2) is 0 Å². The fourth-order valence-corrected chi connectivity index (χ4v) is 3.09. The fourth-order valence-electron chi connectivity index (χ4n) is 1.53. The van der Waals surface area contributed by atoms with Gasteiger partial charge in [-0.1, -0.05) is 42.2 Å². The van der Waals surface area contributed by atoms with Gasteiger partial charge in [0.05, 0.1) is 5.25 Å². The third-order valence-electron chi connectivity index (χ3n) is 2.71. The zero-order chi connectivity index (χ0) is 14.3. The number of nitrogens with zero attached hydrogens (tertiary/aromatic N) is 1. The Morgan fingerprint density at radius 3 is 2.42 bits per heavy atom. The lowest BCUT2D eigenvalue weighted by atomic mass is 10.3. The molecule has 0 bridgehead atoms. The van der Waals surface area contributed by atoms with Crippen LogP contribution in [0.5, 0.6) is 0 Å². The molecule has 0 fully saturated rings. The molecule has 5 heteroatoms. The maximum Gasteiger partial charge on any atom is 0.237 e. The summed E-state index contributed by atoms with van der Waals surface area (Å²) < 4.78 is 0.778. The zero-order valence-corrected chi connectivity index (χ0v) is 13.2. The number of thiocarbonyl (C=S) groups is 1. The largest absolute Gasteiger partial charge is 0.358 e. The highest BCUT2D eigenvalue weighted by Gasteiger charge is 2.18. The van der Waals surface area contributed by atoms with E-state index in [2.05, 4.69) is 24.1 Å². The number of anilines is 1. The number of thioether (sulfide) groups is 1. The highest BCUT2D eigenvalue weighted by molar-refractivity contribution is 8.23. The second kappa shape index (κ2) is 8.17. The molecule has 1 amide bonds. The van der Waals surface area contributed by atoms with E-state index in [1.165, 1.54) is 11.8 Å². The van der Waals surface area contributed by atoms with Gasteiger partial charge in [-0.2, -0.15) is 0 Å². The minimum absolute atomic E-state index is 0.0225. The maximum absolute atomic E-state index is 12.0. The first-order chi connectivity index (χ1) is 9.08. The second-order valence-corrected chi connectivity index (χ2v) is 6.03. The van der Waals surface area contributed by atoms with Crippen molar-refractivity contribution in [2.24, 2.45) is 0 Å². The van der Waals surface area contributed by atoms with Crippen molar-refractivity contribution in [3.05, 3.63) is 30.3 Å². The number of amides is 1. The summed E-state index contributed by atoms with van der Waals surface area (Å²) >= 11 is 6.77. The van der Waals surface area contributed by atoms with Gasteiger partial charge in [-0.15, -0.1) is 0 Å². The standard InChI is InChI=1S/C14H20N2OS2/c1-4-16(5-2)14(18)19-11(3)13(17)15-12-9-7-6-8-10-12/h6-11H,4-5H2,1-3H3,(H,15,17)/t11-/m1/s1. The summed E-state index contributed by atoms with van der Waals surface area (Å²) in [5.74, 6) is -0.0225. The Hall–Kier alpha value is -1.07. The molecule has 3 nitrogen and oxygen atoms in total. The third-order valence-corrected chi connectivity index (χ3v) is 4.28. The molecule has 1 atom stereocenters. The summed E-state index contributed by atoms with van der Waals surface area (Å²) in [5, 5.41) is 2.68. The Morgan fingerprint density at radius 2 is 1.89 bits per heavy atom. The Bertz CT molecular complexity index is 419. The van der Waals surface area contributed by atoms with E-state index in [1.807, 2.05) is 37.3 Å². The van der Waals surface area contributed by atoms with Crippen LogP contribution < -0.4 is 5.32 Å². The number of carbonyl (C=O) groups is 1. The lowest BCUT2D eigenvalue weighted by Crippen LogP contribution is -2.31. The lowest BCUT2D eigenvalue weighted by molar-refractivity contribution is -0.115. The molecule has 0 aliphatic rings. The molecule has 0 aliphatic carbocycles. The second-order valence-electron chi connectivity index (χ2n) is 4.05. The van der Waals surface area contributed by atoms with E-state index in [-0.39, 0.29) is 11.2 Å². The summed E-state index contributed by atoms with van der Waals surface area (Å²) in [5.41, 5.74) is 0.814. The number of nitrogens with one attached hydrogen (secondary N) is 1. The summed E-state index contributed by atoms with van der Waals surface area (Å²) in [4.78, 5) is 14.1. The number of carbonyl (C=O) groups excluding carboxylic acids is 1. The van der Waals surface area contributed by atoms with Crippen LogP contribution in [0.25, 0.3) is 0 Å². The smallest absolute Gasteiger partial charge is 0.237 e. The minimum Gasteiger partial charge on any atom is -0.358 e. The number of benzene rings is 1. The van der Waals surface area contributed by atoms with Crippen LogP contribution in [0.1, 0.15) is 20.8 Å². The van der Waals surface area contributed by atoms with Crippen molar-refractivity contribution in [2.45, 2.75) is 26.0 Å². The molecule has 1 aromatic carbocycles. The van der Waals surface area contributed by atoms with Crippen LogP contribution in [-0.2, 0) is 4.79 Å². The summed E-state index contributed by atoms with van der Waals surface area (Å²) in [6.45, 7) is 7.74. The highest BCUT2D eigenvalue weighted by Crippen LogP contribution is 2.18. The number of hydrogen-bond acceptors (Lipinski definition) is 3. The van der Waals surface area contributed by atoms with Crippen molar-refractivity contribution < 1.29 is 4.79 Å². The Balaban J connectivity index is 2.51. The van der Waals surface area contributed by atoms with Crippen LogP contribution in [-0.4, -0.2) is 33.5 Å². The molecule has 0 aromatic heterocycles. The number of para-hydroxylation sites is 1. The summed E-state index contributed by atoms with van der Waals surface area (Å²) in [6, 6.07) is 9.46. The molecular weight excluding hydrogens is 276 g/mol. The molecule has 1 aromatic rings. The van der Waals surface area contributed by atoms with Crippen molar-refractivity contribution >= 4 is 39.9 Å². The van der Waals surface area contributed by atoms with Crippen LogP contribution in [0.2, 0.25) is 0 Å². The summed E-state index contributed by atoms with van der Waals surface area (Å²) in [7, 11) is 0. The first-order valence-electron chi connectivity index (χ1n) is 6.40. The van der Waals surface area contributed by atoms with Gasteiger partial charge in [0, 0.05) is 18.8 Å². The maximum atomic E-state index is 12.0. The third kappa shape index (κ3) is 5.20. The lowest BCUT2D eigenvalue weighted by Gasteiger charge is -2.22. The van der Waals surface area contributed by atoms with E-state index in [1.54, 1.807) is 0 Å². The van der Waals surface area contributed by atoms with Gasteiger partial charge in [0.15, 0.2) is 0 Å². The van der Waals surface area contributed by atoms with E-state index in [4.69, 9.17) is 12.2 Å². The predicted octanol–water partition coefficient (Wildman–Crippen LogP) is 3.37. The molecule has 0 saturated heterocycles. The topological polar surface area (TPSA) is 32.3 Å². The van der Waals surface area contributed by atoms with Gasteiger partial charge in [0.2, 0.25) is 5.91 Å². The van der Waals surface area contributed by atoms with Gasteiger partial charge in [0.25, 0.3) is 0 Å². The van der Waals surface area contributed by atoms with E-state index < -0.39 is 0 Å². The average molecular weight is 296 g/mol. The van der Waals surface area contributed by atoms with Crippen LogP contribution in [0.4, 0.5) is 5.69 Å². The van der Waals surface area contributed by atoms with Gasteiger partial charge >= 0.3 is 0 Å². The van der Waals surface area contributed by atoms with Crippen LogP contribution in [0.15, 0.2) is 30.3 Å². The molecule has 104 valence electrons. The van der Waals surface area contributed by atoms with Gasteiger partial charge < -0.3 is 10.2 Å². The first-order valence-corrected chi connectivity index (χ1v) is 7.68. The molecule has 0 radical (unpaired) electrons. The monoisotopic (exact) mass is 296 g/mol. The fraction of sp³-hybridized carbons (Fsp3) is 0.429. The number of hydrogen-bond donors (Lipinski definition) is 1. The van der Waals surface area contributed by atoms with E-state index in [0.717, 1.165) is 23.1 Å². The highest BCUT2D eigenvalue weighted by atomic mass is 32.2. The average Bonchev–Trinajstić information content (AvgIpc) is 2.41. The molecule has 19 heavy (non-hydrogen) atoms. The molecule has 0 aliphatic heterocycles. The molecule has 1 N–H and O–H groups in total. The quantitative estimate of drug-likeness (QED) is 0.844. The normalized spacial score (nSPS) is 11.7. The van der Waals surface area contributed by atoms with Crippen LogP contribution in [0.3, 0.4) is 0 Å². The van der Waals surface area contributed by atoms with Gasteiger partial charge in [-0.3, -0.25) is 4.79 Å². The first kappa shape index (κ1) is 16.0. The minimum atomic E-state index is -0.201. The molecular formula is C14H20N2OS2. The van der Waals surface area contributed by atoms with Crippen molar-refractivity contribution in [3.8, 4) is 0 Å². The Kier molecular flexibility index (Phi) is 6.87. The van der Waals surface area contributed by atoms with Crippen LogP contribution in [0, 0.1) is 0 Å². The van der Waals surface area contributed by atoms with E-state index in [0.29, 0.717) is 0 Å². The number of rotatable bonds is 5. The molecule has 0 unspecified atom stereocenters. The molecule has 1 rings (SSSR count). The zero-order valence-electron chi connectivity index (χ0n) is 11.6. The van der Waals surface area contributed by atoms with Gasteiger partial charge in [0.1, 0.15) is 4.32 Å². The van der Waals surface area contributed by atoms with Crippen molar-refractivity contribution in [1.82, 2.24) is 4.90 Å². The SMILES string of the molecule is CCN(CC)C(=S)S[C@H](C)C(=O)Nc1ccccc1. The van der Waals surface area contributed by atoms with Gasteiger partial charge in [-0.05, 0) is 32.9 Å². The molecule has 0 heterocycles. The Morgan fingerprint density at radius 1 is 1.32 bits per heavy atom. The van der Waals surface area contributed by atoms with Crippen molar-refractivity contribution in [3.63, 3.8) is 0 Å². The van der Waals surface area contributed by atoms with E-state index in [9.17, 15) is 4.79 Å². The van der Waals surface area contributed by atoms with Crippen molar-refractivity contribution in [1.29, 1.82) is 0 Å². The van der Waals surface area contributed by atoms with Crippen LogP contribution >= 0.6 is 24.0 Å². The Labute approximate surface area is 124 Å².